The van der Waals surface area contributed by atoms with Crippen molar-refractivity contribution in [1.82, 2.24) is 14.8 Å². The summed E-state index contributed by atoms with van der Waals surface area (Å²) in [6, 6.07) is 12.4. The Morgan fingerprint density at radius 3 is 2.66 bits per heavy atom. The number of likely N-dealkylation sites (tertiary alicyclic amines) is 1. The van der Waals surface area contributed by atoms with Crippen molar-refractivity contribution in [3.05, 3.63) is 70.3 Å². The van der Waals surface area contributed by atoms with Crippen LogP contribution in [-0.4, -0.2) is 53.5 Å². The van der Waals surface area contributed by atoms with Crippen LogP contribution < -0.4 is 20.4 Å². The molecule has 1 atom stereocenters. The fourth-order valence-electron chi connectivity index (χ4n) is 6.53. The molecule has 0 unspecified atom stereocenters. The molecule has 44 heavy (non-hydrogen) atoms. The number of nitrogens with zero attached hydrogens (tertiary/aromatic N) is 3. The van der Waals surface area contributed by atoms with Gasteiger partial charge < -0.3 is 28.8 Å². The van der Waals surface area contributed by atoms with Crippen molar-refractivity contribution >= 4 is 50.3 Å². The molecule has 0 aliphatic carbocycles. The Morgan fingerprint density at radius 1 is 1.07 bits per heavy atom. The first-order valence-electron chi connectivity index (χ1n) is 15.2. The first-order chi connectivity index (χ1) is 21.3. The lowest BCUT2D eigenvalue weighted by Gasteiger charge is -2.30. The Hall–Kier alpha value is -4.86. The summed E-state index contributed by atoms with van der Waals surface area (Å²) < 4.78 is 30.5. The number of hydrogen-bond acceptors (Lipinski definition) is 6. The van der Waals surface area contributed by atoms with Gasteiger partial charge in [0.05, 0.1) is 11.1 Å². The van der Waals surface area contributed by atoms with Gasteiger partial charge in [-0.2, -0.15) is 0 Å². The maximum absolute atomic E-state index is 16.1. The van der Waals surface area contributed by atoms with E-state index in [-0.39, 0.29) is 34.3 Å². The lowest BCUT2D eigenvalue weighted by atomic mass is 10.0. The molecule has 0 bridgehead atoms. The highest BCUT2D eigenvalue weighted by Crippen LogP contribution is 2.48. The molecule has 2 aliphatic heterocycles. The summed E-state index contributed by atoms with van der Waals surface area (Å²) >= 11 is 0. The van der Waals surface area contributed by atoms with Crippen LogP contribution in [0.1, 0.15) is 50.4 Å². The normalized spacial score (nSPS) is 15.5. The number of amides is 2. The minimum atomic E-state index is -0.585. The van der Waals surface area contributed by atoms with Crippen molar-refractivity contribution in [3.63, 3.8) is 0 Å². The van der Waals surface area contributed by atoms with Gasteiger partial charge in [-0.1, -0.05) is 32.0 Å². The van der Waals surface area contributed by atoms with Gasteiger partial charge in [-0.05, 0) is 38.0 Å². The Balaban J connectivity index is 1.45. The summed E-state index contributed by atoms with van der Waals surface area (Å²) in [6.45, 7) is 7.57. The van der Waals surface area contributed by atoms with Crippen LogP contribution in [0.15, 0.2) is 57.9 Å². The monoisotopic (exact) mass is 596 g/mol. The van der Waals surface area contributed by atoms with E-state index in [0.29, 0.717) is 67.1 Å². The van der Waals surface area contributed by atoms with Crippen molar-refractivity contribution in [2.75, 3.05) is 31.1 Å². The van der Waals surface area contributed by atoms with Crippen molar-refractivity contribution < 1.29 is 23.1 Å². The first kappa shape index (κ1) is 27.9. The molecule has 2 aliphatic rings. The first-order valence-corrected chi connectivity index (χ1v) is 15.2. The Labute approximate surface area is 252 Å². The fraction of sp³-hybridized carbons (Fsp3) is 0.324. The van der Waals surface area contributed by atoms with Gasteiger partial charge >= 0.3 is 0 Å². The zero-order valence-corrected chi connectivity index (χ0v) is 24.9. The summed E-state index contributed by atoms with van der Waals surface area (Å²) in [5, 5.41) is 4.75. The molecule has 0 spiro atoms. The number of halogens is 1. The summed E-state index contributed by atoms with van der Waals surface area (Å²) in [7, 11) is 0. The van der Waals surface area contributed by atoms with E-state index in [2.05, 4.69) is 5.32 Å². The van der Waals surface area contributed by atoms with E-state index in [4.69, 9.17) is 9.15 Å². The van der Waals surface area contributed by atoms with Gasteiger partial charge in [0.1, 0.15) is 27.9 Å². The topological polar surface area (TPSA) is 97.0 Å². The number of anilines is 1. The van der Waals surface area contributed by atoms with E-state index < -0.39 is 17.2 Å². The smallest absolute Gasteiger partial charge is 0.259 e. The average molecular weight is 597 g/mol. The number of carbonyl (C=O) groups is 2. The van der Waals surface area contributed by atoms with Crippen molar-refractivity contribution in [2.45, 2.75) is 46.1 Å². The second-order valence-corrected chi connectivity index (χ2v) is 11.4. The largest absolute Gasteiger partial charge is 0.456 e. The van der Waals surface area contributed by atoms with E-state index in [1.165, 1.54) is 6.07 Å². The van der Waals surface area contributed by atoms with Gasteiger partial charge in [-0.15, -0.1) is 0 Å². The Kier molecular flexibility index (Phi) is 6.79. The second kappa shape index (κ2) is 10.7. The van der Waals surface area contributed by atoms with Gasteiger partial charge in [0.15, 0.2) is 17.3 Å². The molecule has 5 aromatic rings. The Morgan fingerprint density at radius 2 is 1.89 bits per heavy atom. The number of aromatic nitrogens is 1. The molecular formula is C34H33FN4O5. The molecule has 0 radical (unpaired) electrons. The lowest BCUT2D eigenvalue weighted by molar-refractivity contribution is -0.121. The van der Waals surface area contributed by atoms with E-state index >= 15 is 4.39 Å². The third-order valence-corrected chi connectivity index (χ3v) is 8.68. The van der Waals surface area contributed by atoms with E-state index in [0.717, 1.165) is 17.2 Å². The number of hydrogen-bond donors (Lipinski definition) is 1. The van der Waals surface area contributed by atoms with Crippen LogP contribution in [0, 0.1) is 5.82 Å². The molecule has 3 aromatic carbocycles. The molecule has 9 nitrogen and oxygen atoms in total. The zero-order valence-electron chi connectivity index (χ0n) is 24.9. The predicted molar refractivity (Wildman–Crippen MR) is 168 cm³/mol. The van der Waals surface area contributed by atoms with E-state index in [9.17, 15) is 14.4 Å². The molecule has 7 rings (SSSR count). The molecule has 1 saturated heterocycles. The molecule has 2 aromatic heterocycles. The minimum absolute atomic E-state index is 0.0602. The third kappa shape index (κ3) is 4.31. The van der Waals surface area contributed by atoms with Gasteiger partial charge in [-0.25, -0.2) is 4.39 Å². The van der Waals surface area contributed by atoms with Crippen LogP contribution in [0.4, 0.5) is 10.1 Å². The van der Waals surface area contributed by atoms with Crippen LogP contribution in [0.25, 0.3) is 38.5 Å². The van der Waals surface area contributed by atoms with Gasteiger partial charge in [0.2, 0.25) is 11.3 Å². The SMILES string of the molecule is CCCN(CC)c1c(F)cc2c(=O)c(C(=O)N3CC[C@@H](NC(=O)CC)C3)cn3c2c1Oc1cc2c(cc1-3)oc1ccccc12. The number of ether oxygens (including phenoxy) is 1. The summed E-state index contributed by atoms with van der Waals surface area (Å²) in [6.07, 6.45) is 3.27. The number of benzene rings is 3. The number of fused-ring (bicyclic) bond motifs is 5. The standard InChI is InChI=1S/C34H33FN4O5/c1-4-12-37(6-3)31-24(35)14-22-30-33(31)44-28-15-21-20-9-7-8-10-26(20)43-27(21)16-25(28)39(30)18-23(32(22)41)34(42)38-13-11-19(17-38)36-29(40)5-2/h7-10,14-16,18-19H,4-6,11-13,17H2,1-3H3,(H,36,40)/t19-/m1/s1. The molecule has 1 fully saturated rings. The van der Waals surface area contributed by atoms with Crippen molar-refractivity contribution in [3.8, 4) is 17.2 Å². The Bertz CT molecular complexity index is 2050. The second-order valence-electron chi connectivity index (χ2n) is 11.4. The number of rotatable bonds is 7. The van der Waals surface area contributed by atoms with E-state index in [1.54, 1.807) is 22.6 Å². The average Bonchev–Trinajstić information content (AvgIpc) is 3.64. The number of pyridine rings is 1. The number of carbonyl (C=O) groups excluding carboxylic acids is 2. The minimum Gasteiger partial charge on any atom is -0.456 e. The fourth-order valence-corrected chi connectivity index (χ4v) is 6.53. The zero-order chi connectivity index (χ0) is 30.7. The van der Waals surface area contributed by atoms with Crippen LogP contribution >= 0.6 is 0 Å². The van der Waals surface area contributed by atoms with Crippen molar-refractivity contribution in [1.29, 1.82) is 0 Å². The molecule has 4 heterocycles. The molecule has 1 N–H and O–H groups in total. The number of furan rings is 1. The predicted octanol–water partition coefficient (Wildman–Crippen LogP) is 6.11. The van der Waals surface area contributed by atoms with Gasteiger partial charge in [0, 0.05) is 61.7 Å². The molecule has 226 valence electrons. The van der Waals surface area contributed by atoms with Crippen LogP contribution in [0.2, 0.25) is 0 Å². The van der Waals surface area contributed by atoms with Crippen LogP contribution in [0.3, 0.4) is 0 Å². The number of nitrogens with one attached hydrogen (secondary N) is 1. The molecule has 2 amide bonds. The third-order valence-electron chi connectivity index (χ3n) is 8.68. The number of para-hydroxylation sites is 1. The van der Waals surface area contributed by atoms with Gasteiger partial charge in [0.25, 0.3) is 5.91 Å². The molecule has 10 heteroatoms. The summed E-state index contributed by atoms with van der Waals surface area (Å²) in [5.74, 6) is -0.426. The highest BCUT2D eigenvalue weighted by molar-refractivity contribution is 6.07. The summed E-state index contributed by atoms with van der Waals surface area (Å²) in [5.41, 5.74) is 1.96. The maximum Gasteiger partial charge on any atom is 0.259 e. The molecule has 0 saturated carbocycles. The van der Waals surface area contributed by atoms with E-state index in [1.807, 2.05) is 55.1 Å². The quantitative estimate of drug-likeness (QED) is 0.239. The van der Waals surface area contributed by atoms with Crippen molar-refractivity contribution in [2.24, 2.45) is 0 Å². The van der Waals surface area contributed by atoms with Crippen LogP contribution in [0.5, 0.6) is 11.5 Å². The van der Waals surface area contributed by atoms with Crippen LogP contribution in [-0.2, 0) is 4.79 Å². The lowest BCUT2D eigenvalue weighted by Crippen LogP contribution is -2.39. The highest BCUT2D eigenvalue weighted by Gasteiger charge is 2.34. The maximum atomic E-state index is 16.1. The summed E-state index contributed by atoms with van der Waals surface area (Å²) in [4.78, 5) is 43.3. The van der Waals surface area contributed by atoms with Gasteiger partial charge in [-0.3, -0.25) is 14.4 Å². The molecular weight excluding hydrogens is 563 g/mol. The highest BCUT2D eigenvalue weighted by atomic mass is 19.1.